The molecular formula is C14H16N2O3S. The lowest BCUT2D eigenvalue weighted by atomic mass is 10.3. The van der Waals surface area contributed by atoms with E-state index in [4.69, 9.17) is 4.74 Å². The van der Waals surface area contributed by atoms with Crippen molar-refractivity contribution in [2.75, 3.05) is 7.11 Å². The molecule has 2 aromatic rings. The maximum absolute atomic E-state index is 11.8. The Labute approximate surface area is 120 Å². The SMILES string of the molecule is COc1cccc(SCc2cc(=O)n(C)c(=O)n2C)c1. The van der Waals surface area contributed by atoms with Gasteiger partial charge in [-0.25, -0.2) is 4.79 Å². The standard InChI is InChI=1S/C14H16N2O3S/c1-15-10(7-13(17)16(2)14(15)18)9-20-12-6-4-5-11(8-12)19-3/h4-8H,9H2,1-3H3. The van der Waals surface area contributed by atoms with Gasteiger partial charge in [-0.2, -0.15) is 0 Å². The first-order valence-electron chi connectivity index (χ1n) is 6.05. The molecule has 0 atom stereocenters. The molecule has 0 fully saturated rings. The smallest absolute Gasteiger partial charge is 0.330 e. The van der Waals surface area contributed by atoms with Crippen LogP contribution in [-0.4, -0.2) is 16.2 Å². The zero-order valence-electron chi connectivity index (χ0n) is 11.6. The zero-order chi connectivity index (χ0) is 14.7. The van der Waals surface area contributed by atoms with Crippen LogP contribution in [0.4, 0.5) is 0 Å². The van der Waals surface area contributed by atoms with E-state index in [1.807, 2.05) is 24.3 Å². The Morgan fingerprint density at radius 1 is 1.15 bits per heavy atom. The molecular weight excluding hydrogens is 276 g/mol. The predicted molar refractivity (Wildman–Crippen MR) is 79.5 cm³/mol. The molecule has 0 amide bonds. The fourth-order valence-corrected chi connectivity index (χ4v) is 2.73. The maximum atomic E-state index is 11.8. The molecule has 0 saturated carbocycles. The van der Waals surface area contributed by atoms with Gasteiger partial charge < -0.3 is 4.74 Å². The van der Waals surface area contributed by atoms with Gasteiger partial charge in [-0.05, 0) is 18.2 Å². The van der Waals surface area contributed by atoms with Crippen LogP contribution in [0, 0.1) is 0 Å². The van der Waals surface area contributed by atoms with E-state index in [9.17, 15) is 9.59 Å². The number of benzene rings is 1. The number of hydrogen-bond acceptors (Lipinski definition) is 4. The Balaban J connectivity index is 2.23. The normalized spacial score (nSPS) is 10.6. The van der Waals surface area contributed by atoms with Gasteiger partial charge >= 0.3 is 5.69 Å². The molecule has 0 aliphatic rings. The van der Waals surface area contributed by atoms with E-state index in [1.165, 1.54) is 17.7 Å². The number of hydrogen-bond donors (Lipinski definition) is 0. The van der Waals surface area contributed by atoms with Gasteiger partial charge in [0.25, 0.3) is 5.56 Å². The Morgan fingerprint density at radius 3 is 2.60 bits per heavy atom. The van der Waals surface area contributed by atoms with Crippen LogP contribution in [0.2, 0.25) is 0 Å². The molecule has 0 N–H and O–H groups in total. The lowest BCUT2D eigenvalue weighted by molar-refractivity contribution is 0.413. The molecule has 20 heavy (non-hydrogen) atoms. The van der Waals surface area contributed by atoms with Crippen LogP contribution in [0.1, 0.15) is 5.69 Å². The first kappa shape index (κ1) is 14.5. The van der Waals surface area contributed by atoms with Crippen molar-refractivity contribution in [3.8, 4) is 5.75 Å². The molecule has 1 aromatic heterocycles. The fourth-order valence-electron chi connectivity index (χ4n) is 1.77. The van der Waals surface area contributed by atoms with Gasteiger partial charge in [0, 0.05) is 36.5 Å². The minimum Gasteiger partial charge on any atom is -0.497 e. The Hall–Kier alpha value is -1.95. The van der Waals surface area contributed by atoms with Crippen molar-refractivity contribution in [1.82, 2.24) is 9.13 Å². The van der Waals surface area contributed by atoms with E-state index in [0.29, 0.717) is 11.4 Å². The first-order valence-corrected chi connectivity index (χ1v) is 7.04. The molecule has 0 unspecified atom stereocenters. The number of aromatic nitrogens is 2. The lowest BCUT2D eigenvalue weighted by Crippen LogP contribution is -2.37. The lowest BCUT2D eigenvalue weighted by Gasteiger charge is -2.09. The second kappa shape index (κ2) is 6.00. The summed E-state index contributed by atoms with van der Waals surface area (Å²) in [5.74, 6) is 1.34. The summed E-state index contributed by atoms with van der Waals surface area (Å²) in [5, 5.41) is 0. The summed E-state index contributed by atoms with van der Waals surface area (Å²) >= 11 is 1.55. The summed E-state index contributed by atoms with van der Waals surface area (Å²) < 4.78 is 7.75. The molecule has 106 valence electrons. The monoisotopic (exact) mass is 292 g/mol. The Bertz CT molecular complexity index is 734. The highest BCUT2D eigenvalue weighted by molar-refractivity contribution is 7.98. The second-order valence-electron chi connectivity index (χ2n) is 4.34. The predicted octanol–water partition coefficient (Wildman–Crippen LogP) is 1.38. The van der Waals surface area contributed by atoms with Crippen LogP contribution < -0.4 is 16.0 Å². The van der Waals surface area contributed by atoms with Crippen molar-refractivity contribution < 1.29 is 4.74 Å². The van der Waals surface area contributed by atoms with Gasteiger partial charge in [0.05, 0.1) is 7.11 Å². The van der Waals surface area contributed by atoms with Gasteiger partial charge in [0.1, 0.15) is 5.75 Å². The quantitative estimate of drug-likeness (QED) is 0.799. The highest BCUT2D eigenvalue weighted by Crippen LogP contribution is 2.25. The van der Waals surface area contributed by atoms with Gasteiger partial charge in [-0.1, -0.05) is 6.07 Å². The molecule has 0 saturated heterocycles. The molecule has 0 aliphatic heterocycles. The largest absolute Gasteiger partial charge is 0.497 e. The van der Waals surface area contributed by atoms with Crippen molar-refractivity contribution in [1.29, 1.82) is 0 Å². The van der Waals surface area contributed by atoms with Crippen molar-refractivity contribution in [3.63, 3.8) is 0 Å². The number of methoxy groups -OCH3 is 1. The Morgan fingerprint density at radius 2 is 1.90 bits per heavy atom. The topological polar surface area (TPSA) is 53.2 Å². The van der Waals surface area contributed by atoms with Crippen LogP contribution in [0.3, 0.4) is 0 Å². The van der Waals surface area contributed by atoms with Crippen LogP contribution in [0.15, 0.2) is 44.8 Å². The average molecular weight is 292 g/mol. The molecule has 0 radical (unpaired) electrons. The summed E-state index contributed by atoms with van der Waals surface area (Å²) in [6, 6.07) is 9.16. The summed E-state index contributed by atoms with van der Waals surface area (Å²) in [7, 11) is 4.77. The molecule has 1 aromatic carbocycles. The zero-order valence-corrected chi connectivity index (χ0v) is 12.4. The maximum Gasteiger partial charge on any atom is 0.330 e. The molecule has 6 heteroatoms. The summed E-state index contributed by atoms with van der Waals surface area (Å²) in [5.41, 5.74) is 0.110. The fraction of sp³-hybridized carbons (Fsp3) is 0.286. The average Bonchev–Trinajstić information content (AvgIpc) is 2.47. The van der Waals surface area contributed by atoms with E-state index in [0.717, 1.165) is 15.2 Å². The van der Waals surface area contributed by atoms with Gasteiger partial charge in [0.2, 0.25) is 0 Å². The van der Waals surface area contributed by atoms with Crippen molar-refractivity contribution in [3.05, 3.63) is 56.9 Å². The molecule has 1 heterocycles. The summed E-state index contributed by atoms with van der Waals surface area (Å²) in [4.78, 5) is 24.5. The van der Waals surface area contributed by atoms with Crippen LogP contribution in [0.25, 0.3) is 0 Å². The number of rotatable bonds is 4. The van der Waals surface area contributed by atoms with Gasteiger partial charge in [-0.15, -0.1) is 11.8 Å². The molecule has 5 nitrogen and oxygen atoms in total. The number of nitrogens with zero attached hydrogens (tertiary/aromatic N) is 2. The summed E-state index contributed by atoms with van der Waals surface area (Å²) in [6.07, 6.45) is 0. The van der Waals surface area contributed by atoms with Gasteiger partial charge in [-0.3, -0.25) is 13.9 Å². The first-order chi connectivity index (χ1) is 9.52. The minimum atomic E-state index is -0.307. The molecule has 2 rings (SSSR count). The third kappa shape index (κ3) is 2.96. The number of ether oxygens (including phenoxy) is 1. The third-order valence-electron chi connectivity index (χ3n) is 3.05. The van der Waals surface area contributed by atoms with E-state index < -0.39 is 0 Å². The van der Waals surface area contributed by atoms with Crippen LogP contribution in [0.5, 0.6) is 5.75 Å². The van der Waals surface area contributed by atoms with E-state index in [2.05, 4.69) is 0 Å². The van der Waals surface area contributed by atoms with Crippen molar-refractivity contribution in [2.45, 2.75) is 10.6 Å². The highest BCUT2D eigenvalue weighted by atomic mass is 32.2. The highest BCUT2D eigenvalue weighted by Gasteiger charge is 2.06. The second-order valence-corrected chi connectivity index (χ2v) is 5.39. The minimum absolute atomic E-state index is 0.283. The van der Waals surface area contributed by atoms with E-state index >= 15 is 0 Å². The van der Waals surface area contributed by atoms with Crippen LogP contribution >= 0.6 is 11.8 Å². The van der Waals surface area contributed by atoms with Crippen molar-refractivity contribution >= 4 is 11.8 Å². The molecule has 0 spiro atoms. The third-order valence-corrected chi connectivity index (χ3v) is 4.08. The summed E-state index contributed by atoms with van der Waals surface area (Å²) in [6.45, 7) is 0. The molecule has 0 bridgehead atoms. The van der Waals surface area contributed by atoms with Crippen molar-refractivity contribution in [2.24, 2.45) is 14.1 Å². The molecule has 0 aliphatic carbocycles. The Kier molecular flexibility index (Phi) is 4.34. The number of thioether (sulfide) groups is 1. The van der Waals surface area contributed by atoms with E-state index in [-0.39, 0.29) is 11.2 Å². The van der Waals surface area contributed by atoms with E-state index in [1.54, 1.807) is 25.9 Å². The van der Waals surface area contributed by atoms with Crippen LogP contribution in [-0.2, 0) is 19.8 Å². The van der Waals surface area contributed by atoms with Gasteiger partial charge in [0.15, 0.2) is 0 Å².